The van der Waals surface area contributed by atoms with Gasteiger partial charge in [0.1, 0.15) is 5.82 Å². The van der Waals surface area contributed by atoms with Crippen LogP contribution in [0.15, 0.2) is 42.6 Å². The smallest absolute Gasteiger partial charge is 0.132 e. The maximum atomic E-state index is 13.7. The van der Waals surface area contributed by atoms with E-state index in [2.05, 4.69) is 11.9 Å². The Morgan fingerprint density at radius 1 is 1.18 bits per heavy atom. The van der Waals surface area contributed by atoms with Crippen LogP contribution in [0.1, 0.15) is 25.3 Å². The Morgan fingerprint density at radius 3 is 2.76 bits per heavy atom. The highest BCUT2D eigenvalue weighted by Gasteiger charge is 2.06. The highest BCUT2D eigenvalue weighted by Crippen LogP contribution is 2.22. The van der Waals surface area contributed by atoms with Gasteiger partial charge in [-0.2, -0.15) is 0 Å². The number of hydrogen-bond acceptors (Lipinski definition) is 1. The molecule has 0 N–H and O–H groups in total. The normalized spacial score (nSPS) is 10.5. The fourth-order valence-corrected chi connectivity index (χ4v) is 1.83. The van der Waals surface area contributed by atoms with Crippen LogP contribution in [0, 0.1) is 5.82 Å². The van der Waals surface area contributed by atoms with Gasteiger partial charge in [0.05, 0.1) is 5.69 Å². The van der Waals surface area contributed by atoms with Crippen molar-refractivity contribution in [2.75, 3.05) is 0 Å². The van der Waals surface area contributed by atoms with E-state index in [0.717, 1.165) is 19.3 Å². The third kappa shape index (κ3) is 2.90. The van der Waals surface area contributed by atoms with E-state index >= 15 is 0 Å². The molecule has 0 amide bonds. The lowest BCUT2D eigenvalue weighted by Gasteiger charge is -2.06. The molecule has 0 radical (unpaired) electrons. The monoisotopic (exact) mass is 229 g/mol. The second kappa shape index (κ2) is 5.58. The van der Waals surface area contributed by atoms with Crippen molar-refractivity contribution >= 4 is 0 Å². The molecule has 2 heteroatoms. The lowest BCUT2D eigenvalue weighted by molar-refractivity contribution is 0.629. The van der Waals surface area contributed by atoms with Gasteiger partial charge in [0.25, 0.3) is 0 Å². The number of unbranched alkanes of at least 4 members (excludes halogenated alkanes) is 1. The van der Waals surface area contributed by atoms with E-state index in [4.69, 9.17) is 0 Å². The molecule has 0 saturated carbocycles. The molecule has 0 unspecified atom stereocenters. The molecule has 0 spiro atoms. The predicted octanol–water partition coefficient (Wildman–Crippen LogP) is 4.23. The molecule has 0 aliphatic heterocycles. The molecular weight excluding hydrogens is 213 g/mol. The maximum absolute atomic E-state index is 13.7. The van der Waals surface area contributed by atoms with Crippen LogP contribution < -0.4 is 0 Å². The van der Waals surface area contributed by atoms with Crippen molar-refractivity contribution < 1.29 is 4.39 Å². The van der Waals surface area contributed by atoms with Crippen molar-refractivity contribution in [2.24, 2.45) is 0 Å². The van der Waals surface area contributed by atoms with E-state index in [9.17, 15) is 4.39 Å². The highest BCUT2D eigenvalue weighted by molar-refractivity contribution is 5.60. The van der Waals surface area contributed by atoms with Crippen LogP contribution >= 0.6 is 0 Å². The molecule has 0 atom stereocenters. The molecule has 2 aromatic rings. The SMILES string of the molecule is CCCCc1ccc(F)c(-c2ccccn2)c1. The summed E-state index contributed by atoms with van der Waals surface area (Å²) in [5.74, 6) is -0.205. The van der Waals surface area contributed by atoms with Crippen LogP contribution in [0.5, 0.6) is 0 Å². The zero-order valence-corrected chi connectivity index (χ0v) is 9.99. The van der Waals surface area contributed by atoms with Crippen molar-refractivity contribution in [1.82, 2.24) is 4.98 Å². The number of rotatable bonds is 4. The average molecular weight is 229 g/mol. The van der Waals surface area contributed by atoms with E-state index in [1.54, 1.807) is 6.20 Å². The third-order valence-corrected chi connectivity index (χ3v) is 2.79. The van der Waals surface area contributed by atoms with Crippen LogP contribution in [-0.4, -0.2) is 4.98 Å². The van der Waals surface area contributed by atoms with Crippen molar-refractivity contribution in [3.8, 4) is 11.3 Å². The molecule has 0 fully saturated rings. The predicted molar refractivity (Wildman–Crippen MR) is 68.2 cm³/mol. The molecule has 1 aromatic heterocycles. The molecule has 0 aliphatic rings. The second-order valence-electron chi connectivity index (χ2n) is 4.13. The van der Waals surface area contributed by atoms with Gasteiger partial charge in [0.15, 0.2) is 0 Å². The largest absolute Gasteiger partial charge is 0.256 e. The van der Waals surface area contributed by atoms with Gasteiger partial charge in [-0.15, -0.1) is 0 Å². The summed E-state index contributed by atoms with van der Waals surface area (Å²) in [6, 6.07) is 10.9. The number of hydrogen-bond donors (Lipinski definition) is 0. The van der Waals surface area contributed by atoms with Gasteiger partial charge in [0, 0.05) is 11.8 Å². The lowest BCUT2D eigenvalue weighted by atomic mass is 10.0. The molecule has 1 nitrogen and oxygen atoms in total. The summed E-state index contributed by atoms with van der Waals surface area (Å²) in [4.78, 5) is 4.19. The summed E-state index contributed by atoms with van der Waals surface area (Å²) in [6.07, 6.45) is 4.97. The molecule has 2 rings (SSSR count). The van der Waals surface area contributed by atoms with Crippen LogP contribution in [0.25, 0.3) is 11.3 Å². The second-order valence-corrected chi connectivity index (χ2v) is 4.13. The zero-order valence-electron chi connectivity index (χ0n) is 9.99. The van der Waals surface area contributed by atoms with Gasteiger partial charge >= 0.3 is 0 Å². The third-order valence-electron chi connectivity index (χ3n) is 2.79. The molecular formula is C15H16FN. The van der Waals surface area contributed by atoms with Crippen LogP contribution in [-0.2, 0) is 6.42 Å². The number of aryl methyl sites for hydroxylation is 1. The minimum Gasteiger partial charge on any atom is -0.256 e. The molecule has 0 bridgehead atoms. The number of pyridine rings is 1. The molecule has 0 aliphatic carbocycles. The average Bonchev–Trinajstić information content (AvgIpc) is 2.39. The summed E-state index contributed by atoms with van der Waals surface area (Å²) in [5, 5.41) is 0. The molecule has 1 heterocycles. The van der Waals surface area contributed by atoms with Gasteiger partial charge < -0.3 is 0 Å². The Bertz CT molecular complexity index is 480. The molecule has 17 heavy (non-hydrogen) atoms. The standard InChI is InChI=1S/C15H16FN/c1-2-3-6-12-8-9-14(16)13(11-12)15-7-4-5-10-17-15/h4-5,7-11H,2-3,6H2,1H3. The first-order chi connectivity index (χ1) is 8.31. The van der Waals surface area contributed by atoms with Crippen molar-refractivity contribution in [2.45, 2.75) is 26.2 Å². The minimum atomic E-state index is -0.205. The van der Waals surface area contributed by atoms with E-state index in [-0.39, 0.29) is 5.82 Å². The Hall–Kier alpha value is -1.70. The topological polar surface area (TPSA) is 12.9 Å². The van der Waals surface area contributed by atoms with Gasteiger partial charge in [-0.05, 0) is 42.7 Å². The minimum absolute atomic E-state index is 0.205. The number of halogens is 1. The van der Waals surface area contributed by atoms with Crippen LogP contribution in [0.4, 0.5) is 4.39 Å². The molecule has 0 saturated heterocycles. The van der Waals surface area contributed by atoms with Crippen molar-refractivity contribution in [3.05, 3.63) is 54.0 Å². The Labute approximate surface area is 101 Å². The molecule has 88 valence electrons. The first-order valence-electron chi connectivity index (χ1n) is 6.01. The fourth-order valence-electron chi connectivity index (χ4n) is 1.83. The summed E-state index contributed by atoms with van der Waals surface area (Å²) >= 11 is 0. The summed E-state index contributed by atoms with van der Waals surface area (Å²) in [6.45, 7) is 2.16. The van der Waals surface area contributed by atoms with Crippen molar-refractivity contribution in [3.63, 3.8) is 0 Å². The lowest BCUT2D eigenvalue weighted by Crippen LogP contribution is -1.91. The Morgan fingerprint density at radius 2 is 2.06 bits per heavy atom. The summed E-state index contributed by atoms with van der Waals surface area (Å²) in [7, 11) is 0. The van der Waals surface area contributed by atoms with E-state index in [0.29, 0.717) is 11.3 Å². The van der Waals surface area contributed by atoms with Gasteiger partial charge in [-0.3, -0.25) is 4.98 Å². The number of nitrogens with zero attached hydrogens (tertiary/aromatic N) is 1. The van der Waals surface area contributed by atoms with E-state index in [1.165, 1.54) is 11.6 Å². The first kappa shape index (κ1) is 11.8. The molecule has 1 aromatic carbocycles. The van der Waals surface area contributed by atoms with Gasteiger partial charge in [0.2, 0.25) is 0 Å². The van der Waals surface area contributed by atoms with Gasteiger partial charge in [-0.1, -0.05) is 25.5 Å². The fraction of sp³-hybridized carbons (Fsp3) is 0.267. The van der Waals surface area contributed by atoms with E-state index in [1.807, 2.05) is 30.3 Å². The zero-order chi connectivity index (χ0) is 12.1. The van der Waals surface area contributed by atoms with Crippen molar-refractivity contribution in [1.29, 1.82) is 0 Å². The van der Waals surface area contributed by atoms with E-state index < -0.39 is 0 Å². The quantitative estimate of drug-likeness (QED) is 0.764. The maximum Gasteiger partial charge on any atom is 0.132 e. The summed E-state index contributed by atoms with van der Waals surface area (Å²) < 4.78 is 13.7. The van der Waals surface area contributed by atoms with Gasteiger partial charge in [-0.25, -0.2) is 4.39 Å². The van der Waals surface area contributed by atoms with Crippen LogP contribution in [0.2, 0.25) is 0 Å². The number of aromatic nitrogens is 1. The van der Waals surface area contributed by atoms with Crippen LogP contribution in [0.3, 0.4) is 0 Å². The Balaban J connectivity index is 2.33. The first-order valence-corrected chi connectivity index (χ1v) is 6.01. The number of benzene rings is 1. The Kier molecular flexibility index (Phi) is 3.86. The highest BCUT2D eigenvalue weighted by atomic mass is 19.1. The summed E-state index contributed by atoms with van der Waals surface area (Å²) in [5.41, 5.74) is 2.47.